The van der Waals surface area contributed by atoms with Crippen molar-refractivity contribution < 1.29 is 21.9 Å². The highest BCUT2D eigenvalue weighted by Crippen LogP contribution is 2.32. The highest BCUT2D eigenvalue weighted by Gasteiger charge is 2.29. The van der Waals surface area contributed by atoms with Crippen LogP contribution in [0.5, 0.6) is 5.75 Å². The topological polar surface area (TPSA) is 46.6 Å². The Hall–Kier alpha value is -2.29. The fourth-order valence-electron chi connectivity index (χ4n) is 4.24. The van der Waals surface area contributed by atoms with Crippen molar-refractivity contribution in [3.05, 3.63) is 89.0 Å². The molecule has 3 aromatic rings. The first kappa shape index (κ1) is 26.8. The number of para-hydroxylation sites is 1. The summed E-state index contributed by atoms with van der Waals surface area (Å²) in [6.45, 7) is 0.230. The van der Waals surface area contributed by atoms with Crippen molar-refractivity contribution in [2.45, 2.75) is 48.8 Å². The quantitative estimate of drug-likeness (QED) is 0.245. The molecule has 0 atom stereocenters. The maximum atomic E-state index is 14.8. The van der Waals surface area contributed by atoms with E-state index in [1.165, 1.54) is 56.4 Å². The first-order valence-electron chi connectivity index (χ1n) is 11.9. The molecular formula is C27H28ClF2NO3S2. The molecule has 0 saturated heterocycles. The van der Waals surface area contributed by atoms with Crippen molar-refractivity contribution in [2.75, 3.05) is 16.7 Å². The standard InChI is InChI=1S/C27H28ClF2NO3S2/c28-21-10-13-24(14-11-21)36(32,33)31(26-18-22(29)12-15-25(26)30)19-20-6-4-5-9-27(20)34-16-17-35-23-7-2-1-3-8-23/h4-6,9-15,18,23H,1-3,7-8,16-17,19H2. The van der Waals surface area contributed by atoms with Crippen molar-refractivity contribution in [2.24, 2.45) is 0 Å². The molecule has 4 nitrogen and oxygen atoms in total. The SMILES string of the molecule is O=S(=O)(c1ccc(Cl)cc1)N(Cc1ccccc1OCCSC1CCCCC1)c1cc(F)ccc1F. The van der Waals surface area contributed by atoms with Gasteiger partial charge in [-0.2, -0.15) is 11.8 Å². The predicted molar refractivity (Wildman–Crippen MR) is 142 cm³/mol. The summed E-state index contributed by atoms with van der Waals surface area (Å²) in [5, 5.41) is 1.02. The number of anilines is 1. The Morgan fingerprint density at radius 3 is 2.44 bits per heavy atom. The molecule has 0 aliphatic heterocycles. The molecular weight excluding hydrogens is 524 g/mol. The summed E-state index contributed by atoms with van der Waals surface area (Å²) in [6, 6.07) is 15.4. The second kappa shape index (κ2) is 12.3. The van der Waals surface area contributed by atoms with Gasteiger partial charge in [-0.1, -0.05) is 49.1 Å². The normalized spacial score (nSPS) is 14.5. The molecule has 0 unspecified atom stereocenters. The van der Waals surface area contributed by atoms with Gasteiger partial charge in [0.05, 0.1) is 23.7 Å². The van der Waals surface area contributed by atoms with E-state index in [9.17, 15) is 17.2 Å². The van der Waals surface area contributed by atoms with Crippen LogP contribution in [0.1, 0.15) is 37.7 Å². The lowest BCUT2D eigenvalue weighted by Crippen LogP contribution is -2.31. The fourth-order valence-corrected chi connectivity index (χ4v) is 6.99. The lowest BCUT2D eigenvalue weighted by molar-refractivity contribution is 0.340. The monoisotopic (exact) mass is 551 g/mol. The molecule has 9 heteroatoms. The van der Waals surface area contributed by atoms with Gasteiger partial charge in [0.25, 0.3) is 10.0 Å². The van der Waals surface area contributed by atoms with Crippen LogP contribution in [-0.2, 0) is 16.6 Å². The van der Waals surface area contributed by atoms with Gasteiger partial charge in [-0.05, 0) is 55.3 Å². The largest absolute Gasteiger partial charge is 0.492 e. The summed E-state index contributed by atoms with van der Waals surface area (Å²) < 4.78 is 63.0. The van der Waals surface area contributed by atoms with E-state index in [2.05, 4.69) is 0 Å². The molecule has 0 amide bonds. The van der Waals surface area contributed by atoms with Gasteiger partial charge in [-0.15, -0.1) is 0 Å². The van der Waals surface area contributed by atoms with Crippen molar-refractivity contribution in [3.63, 3.8) is 0 Å². The summed E-state index contributed by atoms with van der Waals surface area (Å²) >= 11 is 7.83. The van der Waals surface area contributed by atoms with Crippen LogP contribution in [0.4, 0.5) is 14.5 Å². The molecule has 0 bridgehead atoms. The molecule has 192 valence electrons. The fraction of sp³-hybridized carbons (Fsp3) is 0.333. The number of hydrogen-bond acceptors (Lipinski definition) is 4. The lowest BCUT2D eigenvalue weighted by Gasteiger charge is -2.26. The van der Waals surface area contributed by atoms with Crippen molar-refractivity contribution in [1.29, 1.82) is 0 Å². The van der Waals surface area contributed by atoms with Gasteiger partial charge in [0, 0.05) is 27.7 Å². The number of thioether (sulfide) groups is 1. The highest BCUT2D eigenvalue weighted by molar-refractivity contribution is 7.99. The van der Waals surface area contributed by atoms with Crippen LogP contribution in [-0.4, -0.2) is 26.0 Å². The van der Waals surface area contributed by atoms with E-state index in [1.807, 2.05) is 11.8 Å². The number of halogens is 3. The number of sulfonamides is 1. The molecule has 36 heavy (non-hydrogen) atoms. The Bertz CT molecular complexity index is 1270. The van der Waals surface area contributed by atoms with Gasteiger partial charge in [0.1, 0.15) is 17.4 Å². The van der Waals surface area contributed by atoms with Gasteiger partial charge in [0.2, 0.25) is 0 Å². The van der Waals surface area contributed by atoms with Crippen LogP contribution in [0.15, 0.2) is 71.6 Å². The maximum Gasteiger partial charge on any atom is 0.264 e. The summed E-state index contributed by atoms with van der Waals surface area (Å²) in [4.78, 5) is -0.0853. The average molecular weight is 552 g/mol. The van der Waals surface area contributed by atoms with E-state index in [0.29, 0.717) is 28.2 Å². The van der Waals surface area contributed by atoms with Crippen molar-refractivity contribution in [1.82, 2.24) is 0 Å². The second-order valence-corrected chi connectivity index (χ2v) is 12.4. The van der Waals surface area contributed by atoms with Crippen LogP contribution >= 0.6 is 23.4 Å². The molecule has 1 aliphatic carbocycles. The molecule has 0 spiro atoms. The van der Waals surface area contributed by atoms with Crippen molar-refractivity contribution in [3.8, 4) is 5.75 Å². The number of benzene rings is 3. The van der Waals surface area contributed by atoms with Crippen molar-refractivity contribution >= 4 is 39.1 Å². The summed E-state index contributed by atoms with van der Waals surface area (Å²) in [5.41, 5.74) is 0.161. The highest BCUT2D eigenvalue weighted by atomic mass is 35.5. The maximum absolute atomic E-state index is 14.8. The van der Waals surface area contributed by atoms with E-state index in [-0.39, 0.29) is 17.1 Å². The third-order valence-electron chi connectivity index (χ3n) is 6.11. The van der Waals surface area contributed by atoms with Gasteiger partial charge < -0.3 is 4.74 Å². The zero-order valence-corrected chi connectivity index (χ0v) is 22.1. The average Bonchev–Trinajstić information content (AvgIpc) is 2.88. The molecule has 4 rings (SSSR count). The molecule has 0 N–H and O–H groups in total. The van der Waals surface area contributed by atoms with E-state index < -0.39 is 21.7 Å². The van der Waals surface area contributed by atoms with E-state index >= 15 is 0 Å². The molecule has 0 heterocycles. The van der Waals surface area contributed by atoms with Crippen LogP contribution < -0.4 is 9.04 Å². The third-order valence-corrected chi connectivity index (χ3v) is 9.48. The minimum absolute atomic E-state index is 0.0853. The van der Waals surface area contributed by atoms with Gasteiger partial charge in [0.15, 0.2) is 0 Å². The van der Waals surface area contributed by atoms with Crippen LogP contribution in [0, 0.1) is 11.6 Å². The molecule has 3 aromatic carbocycles. The molecule has 1 aliphatic rings. The molecule has 1 fully saturated rings. The Morgan fingerprint density at radius 2 is 1.69 bits per heavy atom. The smallest absolute Gasteiger partial charge is 0.264 e. The Kier molecular flexibility index (Phi) is 9.14. The Balaban J connectivity index is 1.58. The number of ether oxygens (including phenoxy) is 1. The van der Waals surface area contributed by atoms with Crippen LogP contribution in [0.25, 0.3) is 0 Å². The van der Waals surface area contributed by atoms with Crippen LogP contribution in [0.3, 0.4) is 0 Å². The molecule has 0 aromatic heterocycles. The van der Waals surface area contributed by atoms with Gasteiger partial charge >= 0.3 is 0 Å². The molecule has 1 saturated carbocycles. The summed E-state index contributed by atoms with van der Waals surface area (Å²) in [6.07, 6.45) is 6.32. The number of rotatable bonds is 10. The zero-order valence-electron chi connectivity index (χ0n) is 19.7. The van der Waals surface area contributed by atoms with E-state index in [4.69, 9.17) is 16.3 Å². The first-order chi connectivity index (χ1) is 17.3. The molecule has 0 radical (unpaired) electrons. The minimum Gasteiger partial charge on any atom is -0.492 e. The number of hydrogen-bond donors (Lipinski definition) is 0. The second-order valence-electron chi connectivity index (χ2n) is 8.65. The Morgan fingerprint density at radius 1 is 0.972 bits per heavy atom. The third kappa shape index (κ3) is 6.72. The Labute approximate surface area is 220 Å². The summed E-state index contributed by atoms with van der Waals surface area (Å²) in [5.74, 6) is -0.261. The first-order valence-corrected chi connectivity index (χ1v) is 14.8. The predicted octanol–water partition coefficient (Wildman–Crippen LogP) is 7.46. The number of nitrogens with zero attached hydrogens (tertiary/aromatic N) is 1. The minimum atomic E-state index is -4.26. The van der Waals surface area contributed by atoms with Crippen LogP contribution in [0.2, 0.25) is 5.02 Å². The zero-order chi connectivity index (χ0) is 25.5. The summed E-state index contributed by atoms with van der Waals surface area (Å²) in [7, 11) is -4.26. The van der Waals surface area contributed by atoms with E-state index in [0.717, 1.165) is 28.3 Å². The van der Waals surface area contributed by atoms with Gasteiger partial charge in [-0.25, -0.2) is 17.2 Å². The lowest BCUT2D eigenvalue weighted by atomic mass is 10.0. The van der Waals surface area contributed by atoms with Gasteiger partial charge in [-0.3, -0.25) is 4.31 Å². The van der Waals surface area contributed by atoms with E-state index in [1.54, 1.807) is 24.3 Å².